The molecular weight excluding hydrogens is 318 g/mol. The molecule has 0 aliphatic carbocycles. The number of likely N-dealkylation sites (N-methyl/N-ethyl adjacent to an activating group) is 1. The lowest BCUT2D eigenvalue weighted by atomic mass is 10.2. The van der Waals surface area contributed by atoms with Gasteiger partial charge in [0, 0.05) is 32.7 Å². The number of amides is 1. The van der Waals surface area contributed by atoms with E-state index in [0.29, 0.717) is 6.04 Å². The van der Waals surface area contributed by atoms with E-state index in [4.69, 9.17) is 4.74 Å². The van der Waals surface area contributed by atoms with Crippen LogP contribution in [0.5, 0.6) is 0 Å². The van der Waals surface area contributed by atoms with E-state index in [1.165, 1.54) is 0 Å². The van der Waals surface area contributed by atoms with Crippen LogP contribution >= 0.6 is 0 Å². The molecule has 7 heteroatoms. The monoisotopic (exact) mass is 355 g/mol. The van der Waals surface area contributed by atoms with Gasteiger partial charge in [-0.2, -0.15) is 0 Å². The minimum Gasteiger partial charge on any atom is -0.444 e. The van der Waals surface area contributed by atoms with E-state index in [1.54, 1.807) is 7.05 Å². The number of hydrogen-bond donors (Lipinski definition) is 2. The van der Waals surface area contributed by atoms with Crippen molar-refractivity contribution in [3.05, 3.63) is 0 Å². The van der Waals surface area contributed by atoms with Crippen LogP contribution in [-0.2, 0) is 4.74 Å². The largest absolute Gasteiger partial charge is 0.444 e. The molecule has 25 heavy (non-hydrogen) atoms. The topological polar surface area (TPSA) is 69.2 Å². The first-order chi connectivity index (χ1) is 11.7. The van der Waals surface area contributed by atoms with Crippen molar-refractivity contribution in [2.45, 2.75) is 65.6 Å². The third-order valence-corrected chi connectivity index (χ3v) is 4.41. The molecule has 1 aliphatic heterocycles. The van der Waals surface area contributed by atoms with Gasteiger partial charge in [0.2, 0.25) is 0 Å². The molecule has 0 spiro atoms. The van der Waals surface area contributed by atoms with Gasteiger partial charge in [0.15, 0.2) is 5.96 Å². The lowest BCUT2D eigenvalue weighted by molar-refractivity contribution is 0.0507. The van der Waals surface area contributed by atoms with Gasteiger partial charge in [-0.1, -0.05) is 13.8 Å². The molecule has 0 bridgehead atoms. The van der Waals surface area contributed by atoms with Crippen molar-refractivity contribution in [3.8, 4) is 0 Å². The van der Waals surface area contributed by atoms with Crippen LogP contribution < -0.4 is 10.6 Å². The summed E-state index contributed by atoms with van der Waals surface area (Å²) in [6, 6.07) is 0.540. The Morgan fingerprint density at radius 1 is 1.36 bits per heavy atom. The molecule has 7 nitrogen and oxygen atoms in total. The summed E-state index contributed by atoms with van der Waals surface area (Å²) in [5.41, 5.74) is -0.472. The predicted octanol–water partition coefficient (Wildman–Crippen LogP) is 1.89. The molecule has 2 atom stereocenters. The number of nitrogens with zero attached hydrogens (tertiary/aromatic N) is 3. The Morgan fingerprint density at radius 2 is 2.00 bits per heavy atom. The predicted molar refractivity (Wildman–Crippen MR) is 103 cm³/mol. The summed E-state index contributed by atoms with van der Waals surface area (Å²) in [7, 11) is 1.80. The second kappa shape index (κ2) is 9.85. The molecule has 1 aliphatic rings. The third kappa shape index (κ3) is 7.50. The van der Waals surface area contributed by atoms with Gasteiger partial charge in [0.05, 0.1) is 6.04 Å². The second-order valence-corrected chi connectivity index (χ2v) is 7.58. The number of carbonyl (C=O) groups is 1. The number of alkyl carbamates (subject to hydrolysis) is 1. The molecule has 0 aromatic heterocycles. The molecule has 1 rings (SSSR count). The Kier molecular flexibility index (Phi) is 8.48. The van der Waals surface area contributed by atoms with Gasteiger partial charge < -0.3 is 20.3 Å². The van der Waals surface area contributed by atoms with Crippen molar-refractivity contribution in [2.24, 2.45) is 4.99 Å². The fourth-order valence-corrected chi connectivity index (χ4v) is 3.09. The first kappa shape index (κ1) is 21.5. The molecule has 2 unspecified atom stereocenters. The van der Waals surface area contributed by atoms with Gasteiger partial charge in [-0.15, -0.1) is 0 Å². The maximum absolute atomic E-state index is 11.9. The number of carbonyl (C=O) groups excluding carboxylic acids is 1. The van der Waals surface area contributed by atoms with Crippen LogP contribution in [0.15, 0.2) is 4.99 Å². The fourth-order valence-electron chi connectivity index (χ4n) is 3.09. The van der Waals surface area contributed by atoms with Crippen molar-refractivity contribution in [3.63, 3.8) is 0 Å². The number of ether oxygens (including phenoxy) is 1. The molecule has 1 heterocycles. The number of aliphatic imine (C=N–C) groups is 1. The van der Waals surface area contributed by atoms with E-state index in [2.05, 4.69) is 46.2 Å². The summed E-state index contributed by atoms with van der Waals surface area (Å²) in [6.45, 7) is 16.8. The lowest BCUT2D eigenvalue weighted by Gasteiger charge is -2.29. The molecule has 0 saturated carbocycles. The van der Waals surface area contributed by atoms with Crippen LogP contribution in [0, 0.1) is 0 Å². The van der Waals surface area contributed by atoms with E-state index in [0.717, 1.165) is 45.1 Å². The van der Waals surface area contributed by atoms with Crippen LogP contribution in [0.3, 0.4) is 0 Å². The quantitative estimate of drug-likeness (QED) is 0.562. The maximum atomic E-state index is 11.9. The van der Waals surface area contributed by atoms with E-state index >= 15 is 0 Å². The highest BCUT2D eigenvalue weighted by atomic mass is 16.6. The second-order valence-electron chi connectivity index (χ2n) is 7.58. The lowest BCUT2D eigenvalue weighted by Crippen LogP contribution is -2.48. The van der Waals surface area contributed by atoms with Crippen molar-refractivity contribution in [1.82, 2.24) is 20.4 Å². The third-order valence-electron chi connectivity index (χ3n) is 4.41. The molecule has 1 saturated heterocycles. The van der Waals surface area contributed by atoms with Crippen molar-refractivity contribution < 1.29 is 9.53 Å². The summed E-state index contributed by atoms with van der Waals surface area (Å²) >= 11 is 0. The number of rotatable bonds is 6. The molecule has 1 amide bonds. The standard InChI is InChI=1S/C18H37N5O2/c1-8-22(9-2)14(3)12-20-16(19-7)23-11-10-15(13-23)21-17(24)25-18(4,5)6/h14-15H,8-13H2,1-7H3,(H,19,20)(H,21,24). The zero-order valence-electron chi connectivity index (χ0n) is 17.1. The Hall–Kier alpha value is -1.50. The Balaban J connectivity index is 2.46. The number of hydrogen-bond acceptors (Lipinski definition) is 4. The summed E-state index contributed by atoms with van der Waals surface area (Å²) in [6.07, 6.45) is 0.545. The SMILES string of the molecule is CCN(CC)C(C)CNC(=NC)N1CCC(NC(=O)OC(C)(C)C)C1. The van der Waals surface area contributed by atoms with Gasteiger partial charge in [-0.25, -0.2) is 4.79 Å². The van der Waals surface area contributed by atoms with E-state index < -0.39 is 5.60 Å². The summed E-state index contributed by atoms with van der Waals surface area (Å²) in [4.78, 5) is 20.9. The molecule has 2 N–H and O–H groups in total. The summed E-state index contributed by atoms with van der Waals surface area (Å²) < 4.78 is 5.33. The van der Waals surface area contributed by atoms with E-state index in [1.807, 2.05) is 20.8 Å². The summed E-state index contributed by atoms with van der Waals surface area (Å²) in [5.74, 6) is 0.896. The van der Waals surface area contributed by atoms with Crippen molar-refractivity contribution in [2.75, 3.05) is 39.8 Å². The van der Waals surface area contributed by atoms with Gasteiger partial charge in [0.1, 0.15) is 5.60 Å². The van der Waals surface area contributed by atoms with Gasteiger partial charge in [0.25, 0.3) is 0 Å². The van der Waals surface area contributed by atoms with Gasteiger partial charge in [-0.3, -0.25) is 9.89 Å². The molecule has 0 radical (unpaired) electrons. The zero-order chi connectivity index (χ0) is 19.0. The molecule has 0 aromatic rings. The average Bonchev–Trinajstić information content (AvgIpc) is 2.95. The molecule has 0 aromatic carbocycles. The smallest absolute Gasteiger partial charge is 0.407 e. The Labute approximate surface area is 153 Å². The van der Waals surface area contributed by atoms with Gasteiger partial charge >= 0.3 is 6.09 Å². The first-order valence-corrected chi connectivity index (χ1v) is 9.39. The number of guanidine groups is 1. The van der Waals surface area contributed by atoms with Gasteiger partial charge in [-0.05, 0) is 47.2 Å². The number of nitrogens with one attached hydrogen (secondary N) is 2. The highest BCUT2D eigenvalue weighted by Gasteiger charge is 2.28. The molecule has 146 valence electrons. The average molecular weight is 356 g/mol. The maximum Gasteiger partial charge on any atom is 0.407 e. The van der Waals surface area contributed by atoms with Crippen LogP contribution in [0.25, 0.3) is 0 Å². The normalized spacial score (nSPS) is 19.9. The van der Waals surface area contributed by atoms with E-state index in [9.17, 15) is 4.79 Å². The minimum absolute atomic E-state index is 0.0913. The first-order valence-electron chi connectivity index (χ1n) is 9.39. The molecular formula is C18H37N5O2. The highest BCUT2D eigenvalue weighted by Crippen LogP contribution is 2.12. The van der Waals surface area contributed by atoms with Crippen LogP contribution in [0.1, 0.15) is 48.0 Å². The van der Waals surface area contributed by atoms with Crippen LogP contribution in [-0.4, -0.2) is 79.3 Å². The highest BCUT2D eigenvalue weighted by molar-refractivity contribution is 5.80. The molecule has 1 fully saturated rings. The van der Waals surface area contributed by atoms with Crippen LogP contribution in [0.4, 0.5) is 4.79 Å². The number of likely N-dealkylation sites (tertiary alicyclic amines) is 1. The van der Waals surface area contributed by atoms with E-state index in [-0.39, 0.29) is 12.1 Å². The van der Waals surface area contributed by atoms with Crippen LogP contribution in [0.2, 0.25) is 0 Å². The fraction of sp³-hybridized carbons (Fsp3) is 0.889. The minimum atomic E-state index is -0.472. The van der Waals surface area contributed by atoms with Crippen molar-refractivity contribution >= 4 is 12.1 Å². The summed E-state index contributed by atoms with van der Waals surface area (Å²) in [5, 5.41) is 6.41. The Morgan fingerprint density at radius 3 is 2.52 bits per heavy atom. The zero-order valence-corrected chi connectivity index (χ0v) is 17.1. The van der Waals surface area contributed by atoms with Crippen molar-refractivity contribution in [1.29, 1.82) is 0 Å². The Bertz CT molecular complexity index is 443.